The van der Waals surface area contributed by atoms with Gasteiger partial charge in [-0.3, -0.25) is 4.79 Å². The summed E-state index contributed by atoms with van der Waals surface area (Å²) in [4.78, 5) is 11.1. The van der Waals surface area contributed by atoms with Crippen molar-refractivity contribution < 1.29 is 13.9 Å². The summed E-state index contributed by atoms with van der Waals surface area (Å²) in [5.41, 5.74) is 2.63. The molecule has 0 saturated carbocycles. The lowest BCUT2D eigenvalue weighted by Crippen LogP contribution is -1.99. The van der Waals surface area contributed by atoms with E-state index in [1.165, 1.54) is 5.56 Å². The quantitative estimate of drug-likeness (QED) is 0.744. The van der Waals surface area contributed by atoms with Gasteiger partial charge < -0.3 is 9.15 Å². The summed E-state index contributed by atoms with van der Waals surface area (Å²) < 4.78 is 11.2. The van der Waals surface area contributed by atoms with Gasteiger partial charge in [0.1, 0.15) is 5.76 Å². The van der Waals surface area contributed by atoms with E-state index in [2.05, 4.69) is 0 Å². The van der Waals surface area contributed by atoms with Gasteiger partial charge in [-0.2, -0.15) is 0 Å². The number of carbonyl (C=O) groups excluding carboxylic acids is 1. The second kappa shape index (κ2) is 3.91. The van der Waals surface area contributed by atoms with Gasteiger partial charge in [-0.15, -0.1) is 0 Å². The number of benzene rings is 1. The average molecular weight is 230 g/mol. The topological polar surface area (TPSA) is 39.4 Å². The average Bonchev–Trinajstić information content (AvgIpc) is 2.77. The third-order valence-corrected chi connectivity index (χ3v) is 3.44. The number of aldehydes is 1. The van der Waals surface area contributed by atoms with Crippen LogP contribution in [0.5, 0.6) is 5.75 Å². The predicted molar refractivity (Wildman–Crippen MR) is 64.8 cm³/mol. The Morgan fingerprint density at radius 1 is 1.29 bits per heavy atom. The molecular weight excluding hydrogens is 216 g/mol. The van der Waals surface area contributed by atoms with E-state index in [0.717, 1.165) is 48.7 Å². The van der Waals surface area contributed by atoms with Crippen LogP contribution in [0.1, 0.15) is 34.5 Å². The molecule has 0 spiro atoms. The Hall–Kier alpha value is -1.77. The van der Waals surface area contributed by atoms with Gasteiger partial charge in [0.25, 0.3) is 0 Å². The maximum atomic E-state index is 11.1. The van der Waals surface area contributed by atoms with Crippen LogP contribution in [0.3, 0.4) is 0 Å². The molecule has 0 atom stereocenters. The fourth-order valence-electron chi connectivity index (χ4n) is 2.63. The van der Waals surface area contributed by atoms with Crippen molar-refractivity contribution in [1.29, 1.82) is 0 Å². The van der Waals surface area contributed by atoms with Crippen molar-refractivity contribution in [2.45, 2.75) is 25.7 Å². The molecular formula is C14H14O3. The van der Waals surface area contributed by atoms with Crippen molar-refractivity contribution in [2.75, 3.05) is 7.11 Å². The van der Waals surface area contributed by atoms with Crippen LogP contribution in [-0.4, -0.2) is 13.4 Å². The van der Waals surface area contributed by atoms with Crippen LogP contribution < -0.4 is 4.74 Å². The van der Waals surface area contributed by atoms with E-state index in [1.54, 1.807) is 19.2 Å². The lowest BCUT2D eigenvalue weighted by Gasteiger charge is -2.09. The van der Waals surface area contributed by atoms with E-state index in [4.69, 9.17) is 9.15 Å². The Labute approximate surface area is 99.4 Å². The normalized spacial score (nSPS) is 14.6. The van der Waals surface area contributed by atoms with Crippen LogP contribution in [0.15, 0.2) is 16.5 Å². The lowest BCUT2D eigenvalue weighted by molar-refractivity contribution is 0.112. The first-order chi connectivity index (χ1) is 8.35. The summed E-state index contributed by atoms with van der Waals surface area (Å²) in [6, 6.07) is 3.60. The fourth-order valence-corrected chi connectivity index (χ4v) is 2.63. The Morgan fingerprint density at radius 3 is 2.88 bits per heavy atom. The molecule has 0 aliphatic heterocycles. The minimum absolute atomic E-state index is 0.702. The van der Waals surface area contributed by atoms with E-state index in [9.17, 15) is 4.79 Å². The van der Waals surface area contributed by atoms with Crippen molar-refractivity contribution in [2.24, 2.45) is 0 Å². The molecule has 17 heavy (non-hydrogen) atoms. The number of hydrogen-bond acceptors (Lipinski definition) is 3. The third-order valence-electron chi connectivity index (χ3n) is 3.44. The molecule has 3 nitrogen and oxygen atoms in total. The Kier molecular flexibility index (Phi) is 2.39. The van der Waals surface area contributed by atoms with Crippen LogP contribution in [0.25, 0.3) is 11.0 Å². The summed E-state index contributed by atoms with van der Waals surface area (Å²) >= 11 is 0. The number of hydrogen-bond donors (Lipinski definition) is 0. The highest BCUT2D eigenvalue weighted by atomic mass is 16.5. The monoisotopic (exact) mass is 230 g/mol. The second-order valence-electron chi connectivity index (χ2n) is 4.39. The number of methoxy groups -OCH3 is 1. The van der Waals surface area contributed by atoms with Gasteiger partial charge >= 0.3 is 0 Å². The van der Waals surface area contributed by atoms with Crippen LogP contribution in [-0.2, 0) is 12.8 Å². The van der Waals surface area contributed by atoms with Crippen molar-refractivity contribution in [3.8, 4) is 5.75 Å². The molecule has 0 unspecified atom stereocenters. The van der Waals surface area contributed by atoms with Crippen molar-refractivity contribution in [3.05, 3.63) is 29.0 Å². The van der Waals surface area contributed by atoms with E-state index in [1.807, 2.05) is 0 Å². The van der Waals surface area contributed by atoms with Crippen LogP contribution in [0.4, 0.5) is 0 Å². The zero-order valence-electron chi connectivity index (χ0n) is 9.79. The first kappa shape index (κ1) is 10.4. The first-order valence-electron chi connectivity index (χ1n) is 5.91. The van der Waals surface area contributed by atoms with Crippen molar-refractivity contribution in [1.82, 2.24) is 0 Å². The number of aryl methyl sites for hydroxylation is 2. The van der Waals surface area contributed by atoms with Gasteiger partial charge in [0.05, 0.1) is 7.11 Å². The Balaban J connectivity index is 2.38. The summed E-state index contributed by atoms with van der Waals surface area (Å²) in [7, 11) is 1.62. The van der Waals surface area contributed by atoms with E-state index in [0.29, 0.717) is 11.3 Å². The predicted octanol–water partition coefficient (Wildman–Crippen LogP) is 3.13. The van der Waals surface area contributed by atoms with Crippen molar-refractivity contribution in [3.63, 3.8) is 0 Å². The number of carbonyl (C=O) groups is 1. The van der Waals surface area contributed by atoms with E-state index >= 15 is 0 Å². The molecule has 1 aliphatic carbocycles. The molecule has 0 saturated heterocycles. The number of furan rings is 1. The van der Waals surface area contributed by atoms with Gasteiger partial charge in [-0.05, 0) is 31.4 Å². The van der Waals surface area contributed by atoms with Gasteiger partial charge in [0, 0.05) is 22.9 Å². The van der Waals surface area contributed by atoms with Gasteiger partial charge in [0.15, 0.2) is 17.6 Å². The SMILES string of the molecule is COc1ccc(C=O)c2c3c(oc12)CCCC3. The number of fused-ring (bicyclic) bond motifs is 3. The maximum Gasteiger partial charge on any atom is 0.177 e. The fraction of sp³-hybridized carbons (Fsp3) is 0.357. The summed E-state index contributed by atoms with van der Waals surface area (Å²) in [6.45, 7) is 0. The lowest BCUT2D eigenvalue weighted by atomic mass is 9.94. The first-order valence-corrected chi connectivity index (χ1v) is 5.91. The Bertz CT molecular complexity index is 581. The highest BCUT2D eigenvalue weighted by Gasteiger charge is 2.22. The van der Waals surface area contributed by atoms with Crippen LogP contribution in [0, 0.1) is 0 Å². The summed E-state index contributed by atoms with van der Waals surface area (Å²) in [5, 5.41) is 0.953. The molecule has 1 heterocycles. The van der Waals surface area contributed by atoms with Gasteiger partial charge in [-0.1, -0.05) is 0 Å². The maximum absolute atomic E-state index is 11.1. The molecule has 1 aromatic carbocycles. The van der Waals surface area contributed by atoms with Crippen molar-refractivity contribution >= 4 is 17.3 Å². The van der Waals surface area contributed by atoms with Gasteiger partial charge in [0.2, 0.25) is 0 Å². The molecule has 88 valence electrons. The molecule has 0 fully saturated rings. The molecule has 3 heteroatoms. The standard InChI is InChI=1S/C14H14O3/c1-16-12-7-6-9(8-15)13-10-4-2-3-5-11(10)17-14(12)13/h6-8H,2-5H2,1H3. The number of rotatable bonds is 2. The Morgan fingerprint density at radius 2 is 2.12 bits per heavy atom. The van der Waals surface area contributed by atoms with E-state index < -0.39 is 0 Å². The molecule has 0 radical (unpaired) electrons. The zero-order valence-corrected chi connectivity index (χ0v) is 9.79. The van der Waals surface area contributed by atoms with Crippen LogP contribution >= 0.6 is 0 Å². The summed E-state index contributed by atoms with van der Waals surface area (Å²) in [6.07, 6.45) is 5.18. The van der Waals surface area contributed by atoms with E-state index in [-0.39, 0.29) is 0 Å². The molecule has 0 N–H and O–H groups in total. The molecule has 0 bridgehead atoms. The minimum atomic E-state index is 0.702. The summed E-state index contributed by atoms with van der Waals surface area (Å²) in [5.74, 6) is 1.74. The van der Waals surface area contributed by atoms with Crippen LogP contribution in [0.2, 0.25) is 0 Å². The molecule has 0 amide bonds. The third kappa shape index (κ3) is 1.46. The zero-order chi connectivity index (χ0) is 11.8. The molecule has 2 aromatic rings. The second-order valence-corrected chi connectivity index (χ2v) is 4.39. The minimum Gasteiger partial charge on any atom is -0.493 e. The molecule has 1 aromatic heterocycles. The highest BCUT2D eigenvalue weighted by molar-refractivity contribution is 6.01. The molecule has 1 aliphatic rings. The highest BCUT2D eigenvalue weighted by Crippen LogP contribution is 2.38. The smallest absolute Gasteiger partial charge is 0.177 e. The largest absolute Gasteiger partial charge is 0.493 e. The number of ether oxygens (including phenoxy) is 1. The van der Waals surface area contributed by atoms with Gasteiger partial charge in [-0.25, -0.2) is 0 Å². The molecule has 3 rings (SSSR count).